The predicted octanol–water partition coefficient (Wildman–Crippen LogP) is 2.30. The van der Waals surface area contributed by atoms with Gasteiger partial charge in [-0.1, -0.05) is 24.4 Å². The molecule has 1 heterocycles. The van der Waals surface area contributed by atoms with E-state index in [1.807, 2.05) is 18.9 Å². The van der Waals surface area contributed by atoms with E-state index in [0.29, 0.717) is 23.3 Å². The van der Waals surface area contributed by atoms with Crippen molar-refractivity contribution in [3.63, 3.8) is 0 Å². The molecule has 0 amide bonds. The third kappa shape index (κ3) is 3.48. The largest absolute Gasteiger partial charge is 0.388 e. The van der Waals surface area contributed by atoms with Crippen LogP contribution in [-0.2, 0) is 0 Å². The lowest BCUT2D eigenvalue weighted by Crippen LogP contribution is -2.39. The summed E-state index contributed by atoms with van der Waals surface area (Å²) in [5, 5.41) is 14.0. The zero-order valence-corrected chi connectivity index (χ0v) is 12.2. The van der Waals surface area contributed by atoms with Crippen LogP contribution >= 0.6 is 11.6 Å². The molecular weight excluding hydrogens is 264 g/mol. The van der Waals surface area contributed by atoms with E-state index < -0.39 is 5.60 Å². The van der Waals surface area contributed by atoms with Gasteiger partial charge in [-0.3, -0.25) is 0 Å². The number of nitrogens with one attached hydrogen (secondary N) is 1. The molecule has 1 aliphatic carbocycles. The Morgan fingerprint density at radius 1 is 1.47 bits per heavy atom. The number of aliphatic hydroxyl groups is 1. The molecule has 2 N–H and O–H groups in total. The average molecular weight is 285 g/mol. The Labute approximate surface area is 119 Å². The summed E-state index contributed by atoms with van der Waals surface area (Å²) in [5.41, 5.74) is -0.610. The molecule has 0 bridgehead atoms. The van der Waals surface area contributed by atoms with Gasteiger partial charge in [-0.05, 0) is 19.8 Å². The molecule has 5 nitrogen and oxygen atoms in total. The molecule has 2 rings (SSSR count). The zero-order chi connectivity index (χ0) is 13.9. The highest BCUT2D eigenvalue weighted by Crippen LogP contribution is 2.32. The number of likely N-dealkylation sites (N-methyl/N-ethyl adjacent to an activating group) is 1. The average Bonchev–Trinajstić information content (AvgIpc) is 2.78. The molecule has 0 aliphatic heterocycles. The highest BCUT2D eigenvalue weighted by Gasteiger charge is 2.33. The molecule has 0 saturated heterocycles. The fourth-order valence-electron chi connectivity index (χ4n) is 2.58. The van der Waals surface area contributed by atoms with E-state index in [1.165, 1.54) is 0 Å². The summed E-state index contributed by atoms with van der Waals surface area (Å²) in [6, 6.07) is 0. The van der Waals surface area contributed by atoms with Gasteiger partial charge >= 0.3 is 0 Å². The quantitative estimate of drug-likeness (QED) is 0.869. The van der Waals surface area contributed by atoms with Gasteiger partial charge in [-0.2, -0.15) is 4.98 Å². The van der Waals surface area contributed by atoms with Crippen LogP contribution in [-0.4, -0.2) is 40.8 Å². The molecule has 1 fully saturated rings. The Hall–Kier alpha value is -1.07. The molecule has 1 saturated carbocycles. The van der Waals surface area contributed by atoms with Crippen molar-refractivity contribution in [2.24, 2.45) is 0 Å². The summed E-state index contributed by atoms with van der Waals surface area (Å²) in [4.78, 5) is 10.4. The first kappa shape index (κ1) is 14.3. The van der Waals surface area contributed by atoms with Crippen molar-refractivity contribution in [2.75, 3.05) is 30.4 Å². The lowest BCUT2D eigenvalue weighted by Gasteiger charge is -2.29. The smallest absolute Gasteiger partial charge is 0.224 e. The van der Waals surface area contributed by atoms with Gasteiger partial charge in [0.1, 0.15) is 5.02 Å². The van der Waals surface area contributed by atoms with Crippen LogP contribution in [0.1, 0.15) is 32.6 Å². The summed E-state index contributed by atoms with van der Waals surface area (Å²) in [6.45, 7) is 3.30. The second-order valence-electron chi connectivity index (χ2n) is 5.18. The minimum Gasteiger partial charge on any atom is -0.388 e. The molecule has 106 valence electrons. The molecule has 0 spiro atoms. The van der Waals surface area contributed by atoms with Gasteiger partial charge in [0, 0.05) is 20.1 Å². The van der Waals surface area contributed by atoms with E-state index in [9.17, 15) is 5.11 Å². The van der Waals surface area contributed by atoms with Crippen LogP contribution in [0.25, 0.3) is 0 Å². The summed E-state index contributed by atoms with van der Waals surface area (Å²) < 4.78 is 0. The number of anilines is 2. The number of nitrogens with zero attached hydrogens (tertiary/aromatic N) is 3. The van der Waals surface area contributed by atoms with Gasteiger partial charge in [0.2, 0.25) is 5.95 Å². The van der Waals surface area contributed by atoms with Gasteiger partial charge in [0.25, 0.3) is 0 Å². The van der Waals surface area contributed by atoms with E-state index in [0.717, 1.165) is 32.2 Å². The third-order valence-electron chi connectivity index (χ3n) is 3.49. The van der Waals surface area contributed by atoms with Crippen molar-refractivity contribution in [1.82, 2.24) is 9.97 Å². The lowest BCUT2D eigenvalue weighted by atomic mass is 10.0. The topological polar surface area (TPSA) is 61.3 Å². The van der Waals surface area contributed by atoms with Crippen molar-refractivity contribution in [3.8, 4) is 0 Å². The van der Waals surface area contributed by atoms with Crippen molar-refractivity contribution < 1.29 is 5.11 Å². The lowest BCUT2D eigenvalue weighted by molar-refractivity contribution is 0.0558. The van der Waals surface area contributed by atoms with Crippen LogP contribution in [0, 0.1) is 0 Å². The van der Waals surface area contributed by atoms with Crippen molar-refractivity contribution >= 4 is 23.4 Å². The molecule has 19 heavy (non-hydrogen) atoms. The van der Waals surface area contributed by atoms with Crippen LogP contribution in [0.2, 0.25) is 5.02 Å². The van der Waals surface area contributed by atoms with Gasteiger partial charge in [0.05, 0.1) is 11.8 Å². The number of aromatic nitrogens is 2. The second-order valence-corrected chi connectivity index (χ2v) is 5.59. The van der Waals surface area contributed by atoms with Crippen LogP contribution in [0.15, 0.2) is 6.20 Å². The Kier molecular flexibility index (Phi) is 4.47. The van der Waals surface area contributed by atoms with Crippen LogP contribution in [0.5, 0.6) is 0 Å². The summed E-state index contributed by atoms with van der Waals surface area (Å²) in [6.07, 6.45) is 5.46. The molecule has 0 atom stereocenters. The highest BCUT2D eigenvalue weighted by atomic mass is 35.5. The van der Waals surface area contributed by atoms with E-state index >= 15 is 0 Å². The SMILES string of the molecule is CCNc1ncc(Cl)c(N(C)CC2(O)CCCC2)n1. The number of rotatable bonds is 5. The minimum atomic E-state index is -0.610. The van der Waals surface area contributed by atoms with E-state index in [1.54, 1.807) is 6.20 Å². The van der Waals surface area contributed by atoms with Crippen LogP contribution in [0.3, 0.4) is 0 Å². The first-order chi connectivity index (χ1) is 9.04. The molecule has 0 aromatic carbocycles. The normalized spacial score (nSPS) is 17.5. The van der Waals surface area contributed by atoms with Crippen LogP contribution in [0.4, 0.5) is 11.8 Å². The first-order valence-corrected chi connectivity index (χ1v) is 7.12. The van der Waals surface area contributed by atoms with Crippen molar-refractivity contribution in [1.29, 1.82) is 0 Å². The molecular formula is C13H21ClN4O. The molecule has 1 aromatic heterocycles. The number of hydrogen-bond donors (Lipinski definition) is 2. The highest BCUT2D eigenvalue weighted by molar-refractivity contribution is 6.32. The summed E-state index contributed by atoms with van der Waals surface area (Å²) in [5.74, 6) is 1.22. The van der Waals surface area contributed by atoms with Crippen LogP contribution < -0.4 is 10.2 Å². The van der Waals surface area contributed by atoms with E-state index in [4.69, 9.17) is 11.6 Å². The summed E-state index contributed by atoms with van der Waals surface area (Å²) >= 11 is 6.15. The molecule has 6 heteroatoms. The molecule has 0 unspecified atom stereocenters. The maximum Gasteiger partial charge on any atom is 0.224 e. The molecule has 1 aliphatic rings. The zero-order valence-electron chi connectivity index (χ0n) is 11.5. The maximum atomic E-state index is 10.4. The van der Waals surface area contributed by atoms with Gasteiger partial charge in [0.15, 0.2) is 5.82 Å². The van der Waals surface area contributed by atoms with Gasteiger partial charge in [-0.15, -0.1) is 0 Å². The van der Waals surface area contributed by atoms with E-state index in [-0.39, 0.29) is 0 Å². The molecule has 1 aromatic rings. The Morgan fingerprint density at radius 3 is 2.79 bits per heavy atom. The van der Waals surface area contributed by atoms with Crippen molar-refractivity contribution in [3.05, 3.63) is 11.2 Å². The van der Waals surface area contributed by atoms with Crippen molar-refractivity contribution in [2.45, 2.75) is 38.2 Å². The van der Waals surface area contributed by atoms with E-state index in [2.05, 4.69) is 15.3 Å². The standard InChI is InChI=1S/C13H21ClN4O/c1-3-15-12-16-8-10(14)11(17-12)18(2)9-13(19)6-4-5-7-13/h8,19H,3-7,9H2,1-2H3,(H,15,16,17). The fraction of sp³-hybridized carbons (Fsp3) is 0.692. The fourth-order valence-corrected chi connectivity index (χ4v) is 2.81. The Balaban J connectivity index is 2.13. The molecule has 0 radical (unpaired) electrons. The number of hydrogen-bond acceptors (Lipinski definition) is 5. The van der Waals surface area contributed by atoms with Gasteiger partial charge in [-0.25, -0.2) is 4.98 Å². The first-order valence-electron chi connectivity index (χ1n) is 6.74. The Bertz CT molecular complexity index is 435. The predicted molar refractivity (Wildman–Crippen MR) is 77.9 cm³/mol. The third-order valence-corrected chi connectivity index (χ3v) is 3.75. The monoisotopic (exact) mass is 284 g/mol. The second kappa shape index (κ2) is 5.92. The Morgan fingerprint density at radius 2 is 2.16 bits per heavy atom. The minimum absolute atomic E-state index is 0.505. The number of halogens is 1. The van der Waals surface area contributed by atoms with Gasteiger partial charge < -0.3 is 15.3 Å². The summed E-state index contributed by atoms with van der Waals surface area (Å²) in [7, 11) is 1.90. The maximum absolute atomic E-state index is 10.4.